The highest BCUT2D eigenvalue weighted by Gasteiger charge is 2.33. The molecular formula is C33H30N2O8S. The standard InChI is InChI=1S/C33H30N2O8S/c1-5-42-32(39)28-19(2)34-33-35(29(28)22-10-12-24(40-3)13-11-22)30(36)27(44-33)17-20-9-14-25(26(16-20)41-4)43-18-21-7-6-8-23(15-21)31(37)38/h6-17,29H,5,18H2,1-4H3,(H,37,38)/t29-/m1/s1. The summed E-state index contributed by atoms with van der Waals surface area (Å²) in [7, 11) is 3.08. The van der Waals surface area contributed by atoms with Crippen LogP contribution >= 0.6 is 11.3 Å². The molecule has 3 aromatic carbocycles. The first kappa shape index (κ1) is 30.3. The number of carboxylic acid groups (broad SMARTS) is 1. The Morgan fingerprint density at radius 3 is 2.48 bits per heavy atom. The van der Waals surface area contributed by atoms with Crippen LogP contribution in [-0.2, 0) is 16.1 Å². The zero-order valence-electron chi connectivity index (χ0n) is 24.5. The maximum absolute atomic E-state index is 13.9. The van der Waals surface area contributed by atoms with Crippen LogP contribution in [-0.4, -0.2) is 42.4 Å². The van der Waals surface area contributed by atoms with E-state index >= 15 is 0 Å². The molecule has 1 aliphatic rings. The number of aromatic carboxylic acids is 1. The summed E-state index contributed by atoms with van der Waals surface area (Å²) in [5.74, 6) is 0.00808. The van der Waals surface area contributed by atoms with E-state index in [2.05, 4.69) is 4.99 Å². The largest absolute Gasteiger partial charge is 0.497 e. The van der Waals surface area contributed by atoms with Gasteiger partial charge in [0.25, 0.3) is 5.56 Å². The van der Waals surface area contributed by atoms with E-state index in [0.29, 0.717) is 54.5 Å². The first-order valence-corrected chi connectivity index (χ1v) is 14.5. The number of carbonyl (C=O) groups excluding carboxylic acids is 1. The number of hydrogen-bond donors (Lipinski definition) is 1. The minimum absolute atomic E-state index is 0.142. The van der Waals surface area contributed by atoms with Gasteiger partial charge in [0.2, 0.25) is 0 Å². The second-order valence-electron chi connectivity index (χ2n) is 9.78. The van der Waals surface area contributed by atoms with Crippen molar-refractivity contribution in [2.75, 3.05) is 20.8 Å². The molecule has 10 nitrogen and oxygen atoms in total. The molecule has 4 aromatic rings. The van der Waals surface area contributed by atoms with E-state index in [-0.39, 0.29) is 24.3 Å². The lowest BCUT2D eigenvalue weighted by molar-refractivity contribution is -0.139. The molecule has 0 unspecified atom stereocenters. The molecule has 1 aromatic heterocycles. The van der Waals surface area contributed by atoms with Crippen LogP contribution in [0.25, 0.3) is 6.08 Å². The van der Waals surface area contributed by atoms with Crippen LogP contribution in [0.5, 0.6) is 17.2 Å². The van der Waals surface area contributed by atoms with Gasteiger partial charge in [0, 0.05) is 0 Å². The number of allylic oxidation sites excluding steroid dienone is 1. The van der Waals surface area contributed by atoms with Gasteiger partial charge in [-0.25, -0.2) is 14.6 Å². The molecule has 226 valence electrons. The molecule has 0 bridgehead atoms. The van der Waals surface area contributed by atoms with E-state index < -0.39 is 18.0 Å². The number of ether oxygens (including phenoxy) is 4. The third kappa shape index (κ3) is 6.13. The van der Waals surface area contributed by atoms with E-state index in [4.69, 9.17) is 18.9 Å². The van der Waals surface area contributed by atoms with Crippen LogP contribution in [0, 0.1) is 0 Å². The van der Waals surface area contributed by atoms with Gasteiger partial charge in [-0.05, 0) is 73.0 Å². The SMILES string of the molecule is CCOC(=O)C1=C(C)N=c2sc(=Cc3ccc(OCc4cccc(C(=O)O)c4)c(OC)c3)c(=O)n2[C@@H]1c1ccc(OC)cc1. The first-order chi connectivity index (χ1) is 21.2. The Hall–Kier alpha value is -5.16. The molecule has 5 rings (SSSR count). The fraction of sp³-hybridized carbons (Fsp3) is 0.212. The highest BCUT2D eigenvalue weighted by molar-refractivity contribution is 7.07. The average molecular weight is 615 g/mol. The number of fused-ring (bicyclic) bond motifs is 1. The van der Waals surface area contributed by atoms with Gasteiger partial charge in [-0.2, -0.15) is 0 Å². The van der Waals surface area contributed by atoms with Crippen molar-refractivity contribution in [1.82, 2.24) is 4.57 Å². The Morgan fingerprint density at radius 2 is 1.80 bits per heavy atom. The second-order valence-corrected chi connectivity index (χ2v) is 10.8. The van der Waals surface area contributed by atoms with Gasteiger partial charge in [0.05, 0.1) is 48.2 Å². The van der Waals surface area contributed by atoms with Crippen molar-refractivity contribution in [2.24, 2.45) is 4.99 Å². The zero-order valence-corrected chi connectivity index (χ0v) is 25.3. The van der Waals surface area contributed by atoms with Crippen LogP contribution in [0.15, 0.2) is 87.8 Å². The molecule has 2 heterocycles. The average Bonchev–Trinajstić information content (AvgIpc) is 3.33. The summed E-state index contributed by atoms with van der Waals surface area (Å²) in [5, 5.41) is 9.24. The van der Waals surface area contributed by atoms with Crippen LogP contribution < -0.4 is 29.1 Å². The molecule has 0 fully saturated rings. The van der Waals surface area contributed by atoms with Gasteiger partial charge in [0.15, 0.2) is 16.3 Å². The van der Waals surface area contributed by atoms with Gasteiger partial charge < -0.3 is 24.1 Å². The number of thiazole rings is 1. The summed E-state index contributed by atoms with van der Waals surface area (Å²) < 4.78 is 24.1. The second kappa shape index (κ2) is 13.0. The lowest BCUT2D eigenvalue weighted by Gasteiger charge is -2.24. The molecule has 0 saturated carbocycles. The summed E-state index contributed by atoms with van der Waals surface area (Å²) in [4.78, 5) is 43.4. The van der Waals surface area contributed by atoms with Gasteiger partial charge in [-0.1, -0.05) is 41.7 Å². The Kier molecular flexibility index (Phi) is 8.96. The van der Waals surface area contributed by atoms with Crippen molar-refractivity contribution in [2.45, 2.75) is 26.5 Å². The van der Waals surface area contributed by atoms with Gasteiger partial charge in [-0.3, -0.25) is 9.36 Å². The summed E-state index contributed by atoms with van der Waals surface area (Å²) >= 11 is 1.22. The molecular weight excluding hydrogens is 584 g/mol. The predicted octanol–water partition coefficient (Wildman–Crippen LogP) is 4.09. The van der Waals surface area contributed by atoms with E-state index in [1.54, 1.807) is 75.6 Å². The van der Waals surface area contributed by atoms with Crippen molar-refractivity contribution < 1.29 is 33.6 Å². The van der Waals surface area contributed by atoms with Crippen LogP contribution in [0.3, 0.4) is 0 Å². The number of carbonyl (C=O) groups is 2. The molecule has 0 saturated heterocycles. The summed E-state index contributed by atoms with van der Waals surface area (Å²) in [6.07, 6.45) is 1.74. The number of carboxylic acids is 1. The number of rotatable bonds is 10. The lowest BCUT2D eigenvalue weighted by atomic mass is 9.96. The number of nitrogens with zero attached hydrogens (tertiary/aromatic N) is 2. The fourth-order valence-corrected chi connectivity index (χ4v) is 5.94. The number of benzene rings is 3. The van der Waals surface area contributed by atoms with E-state index in [1.807, 2.05) is 12.1 Å². The fourth-order valence-electron chi connectivity index (χ4n) is 4.89. The molecule has 1 atom stereocenters. The number of methoxy groups -OCH3 is 2. The highest BCUT2D eigenvalue weighted by Crippen LogP contribution is 2.32. The van der Waals surface area contributed by atoms with E-state index in [9.17, 15) is 19.5 Å². The molecule has 0 amide bonds. The minimum Gasteiger partial charge on any atom is -0.497 e. The van der Waals surface area contributed by atoms with Crippen molar-refractivity contribution in [3.63, 3.8) is 0 Å². The van der Waals surface area contributed by atoms with Crippen molar-refractivity contribution >= 4 is 29.4 Å². The topological polar surface area (TPSA) is 126 Å². The quantitative estimate of drug-likeness (QED) is 0.265. The molecule has 11 heteroatoms. The monoisotopic (exact) mass is 614 g/mol. The Bertz CT molecular complexity index is 1940. The maximum atomic E-state index is 13.9. The van der Waals surface area contributed by atoms with Crippen LogP contribution in [0.4, 0.5) is 0 Å². The number of esters is 1. The van der Waals surface area contributed by atoms with E-state index in [1.165, 1.54) is 29.1 Å². The Morgan fingerprint density at radius 1 is 1.02 bits per heavy atom. The minimum atomic E-state index is -1.01. The Labute approximate surface area is 256 Å². The molecule has 0 aliphatic carbocycles. The summed E-state index contributed by atoms with van der Waals surface area (Å²) in [5.41, 5.74) is 2.75. The van der Waals surface area contributed by atoms with Crippen LogP contribution in [0.1, 0.15) is 46.9 Å². The predicted molar refractivity (Wildman–Crippen MR) is 164 cm³/mol. The smallest absolute Gasteiger partial charge is 0.338 e. The highest BCUT2D eigenvalue weighted by atomic mass is 32.1. The number of hydrogen-bond acceptors (Lipinski definition) is 9. The summed E-state index contributed by atoms with van der Waals surface area (Å²) in [6.45, 7) is 3.79. The number of aromatic nitrogens is 1. The van der Waals surface area contributed by atoms with Gasteiger partial charge in [-0.15, -0.1) is 0 Å². The van der Waals surface area contributed by atoms with Gasteiger partial charge >= 0.3 is 11.9 Å². The summed E-state index contributed by atoms with van der Waals surface area (Å²) in [6, 6.07) is 18.2. The van der Waals surface area contributed by atoms with Gasteiger partial charge in [0.1, 0.15) is 12.4 Å². The first-order valence-electron chi connectivity index (χ1n) is 13.7. The molecule has 1 aliphatic heterocycles. The maximum Gasteiger partial charge on any atom is 0.338 e. The Balaban J connectivity index is 1.51. The van der Waals surface area contributed by atoms with E-state index in [0.717, 1.165) is 0 Å². The molecule has 44 heavy (non-hydrogen) atoms. The zero-order chi connectivity index (χ0) is 31.4. The van der Waals surface area contributed by atoms with Crippen LogP contribution in [0.2, 0.25) is 0 Å². The normalized spacial score (nSPS) is 14.5. The molecule has 1 N–H and O–H groups in total. The third-order valence-corrected chi connectivity index (χ3v) is 7.99. The van der Waals surface area contributed by atoms with Crippen molar-refractivity contribution in [3.05, 3.63) is 120 Å². The van der Waals surface area contributed by atoms with Crippen molar-refractivity contribution in [1.29, 1.82) is 0 Å². The lowest BCUT2D eigenvalue weighted by Crippen LogP contribution is -2.39. The molecule has 0 radical (unpaired) electrons. The third-order valence-electron chi connectivity index (χ3n) is 7.00. The molecule has 0 spiro atoms. The van der Waals surface area contributed by atoms with Crippen molar-refractivity contribution in [3.8, 4) is 17.2 Å².